The topological polar surface area (TPSA) is 15.3 Å². The minimum Gasteiger partial charge on any atom is -0.309 e. The molecule has 0 spiro atoms. The molecule has 118 valence electrons. The number of halogens is 1. The van der Waals surface area contributed by atoms with Crippen LogP contribution < -0.4 is 5.32 Å². The molecule has 0 aromatic heterocycles. The van der Waals surface area contributed by atoms with Crippen LogP contribution >= 0.6 is 11.6 Å². The molecular formula is C18H29ClN2. The number of benzene rings is 1. The summed E-state index contributed by atoms with van der Waals surface area (Å²) in [5.74, 6) is 0. The standard InChI is InChI=1S/C18H29ClN2/c1-5-20-17(15-10-9-14(2)16(19)13-15)18(21(3)4)11-7-6-8-12-18/h9-10,13,17,20H,5-8,11-12H2,1-4H3. The first kappa shape index (κ1) is 16.8. The molecule has 0 saturated heterocycles. The molecule has 1 unspecified atom stereocenters. The Labute approximate surface area is 134 Å². The number of aryl methyl sites for hydroxylation is 1. The summed E-state index contributed by atoms with van der Waals surface area (Å²) in [5, 5.41) is 4.61. The SMILES string of the molecule is CCNC(c1ccc(C)c(Cl)c1)C1(N(C)C)CCCCC1. The van der Waals surface area contributed by atoms with E-state index in [4.69, 9.17) is 11.6 Å². The minimum absolute atomic E-state index is 0.201. The number of hydrogen-bond donors (Lipinski definition) is 1. The van der Waals surface area contributed by atoms with Crippen LogP contribution in [0.1, 0.15) is 56.2 Å². The lowest BCUT2D eigenvalue weighted by molar-refractivity contribution is 0.0570. The van der Waals surface area contributed by atoms with Crippen molar-refractivity contribution < 1.29 is 0 Å². The first-order valence-corrected chi connectivity index (χ1v) is 8.56. The fourth-order valence-electron chi connectivity index (χ4n) is 3.77. The van der Waals surface area contributed by atoms with E-state index < -0.39 is 0 Å². The Bertz CT molecular complexity index is 464. The Morgan fingerprint density at radius 1 is 1.24 bits per heavy atom. The van der Waals surface area contributed by atoms with Gasteiger partial charge in [0.25, 0.3) is 0 Å². The monoisotopic (exact) mass is 308 g/mol. The van der Waals surface area contributed by atoms with E-state index in [0.717, 1.165) is 17.1 Å². The van der Waals surface area contributed by atoms with E-state index in [1.54, 1.807) is 0 Å². The highest BCUT2D eigenvalue weighted by Crippen LogP contribution is 2.42. The summed E-state index contributed by atoms with van der Waals surface area (Å²) < 4.78 is 0. The molecule has 2 nitrogen and oxygen atoms in total. The molecule has 2 rings (SSSR count). The molecule has 1 fully saturated rings. The normalized spacial score (nSPS) is 19.7. The molecular weight excluding hydrogens is 280 g/mol. The Balaban J connectivity index is 2.41. The largest absolute Gasteiger partial charge is 0.309 e. The van der Waals surface area contributed by atoms with Gasteiger partial charge in [-0.2, -0.15) is 0 Å². The highest BCUT2D eigenvalue weighted by atomic mass is 35.5. The van der Waals surface area contributed by atoms with Gasteiger partial charge in [-0.05, 0) is 57.6 Å². The number of rotatable bonds is 5. The fourth-order valence-corrected chi connectivity index (χ4v) is 3.96. The Hall–Kier alpha value is -0.570. The molecule has 1 N–H and O–H groups in total. The van der Waals surface area contributed by atoms with E-state index in [9.17, 15) is 0 Å². The van der Waals surface area contributed by atoms with Gasteiger partial charge in [0.2, 0.25) is 0 Å². The van der Waals surface area contributed by atoms with Crippen LogP contribution in [0.2, 0.25) is 5.02 Å². The first-order valence-electron chi connectivity index (χ1n) is 8.18. The molecule has 1 aliphatic carbocycles. The van der Waals surface area contributed by atoms with E-state index in [2.05, 4.69) is 56.4 Å². The molecule has 21 heavy (non-hydrogen) atoms. The smallest absolute Gasteiger partial charge is 0.0507 e. The van der Waals surface area contributed by atoms with Gasteiger partial charge in [0.1, 0.15) is 0 Å². The van der Waals surface area contributed by atoms with Crippen molar-refractivity contribution in [2.45, 2.75) is 57.5 Å². The van der Waals surface area contributed by atoms with Crippen molar-refractivity contribution in [3.63, 3.8) is 0 Å². The molecule has 1 aliphatic rings. The van der Waals surface area contributed by atoms with Crippen LogP contribution in [0.4, 0.5) is 0 Å². The van der Waals surface area contributed by atoms with E-state index >= 15 is 0 Å². The number of nitrogens with one attached hydrogen (secondary N) is 1. The van der Waals surface area contributed by atoms with Gasteiger partial charge < -0.3 is 10.2 Å². The van der Waals surface area contributed by atoms with Crippen LogP contribution in [0.3, 0.4) is 0 Å². The van der Waals surface area contributed by atoms with Crippen molar-refractivity contribution in [1.82, 2.24) is 10.2 Å². The van der Waals surface area contributed by atoms with Crippen LogP contribution in [0.15, 0.2) is 18.2 Å². The lowest BCUT2D eigenvalue weighted by atomic mass is 9.73. The second-order valence-corrected chi connectivity index (χ2v) is 6.97. The van der Waals surface area contributed by atoms with Crippen molar-refractivity contribution in [2.75, 3.05) is 20.6 Å². The second kappa shape index (κ2) is 7.13. The molecule has 0 bridgehead atoms. The van der Waals surface area contributed by atoms with Crippen molar-refractivity contribution in [3.05, 3.63) is 34.3 Å². The summed E-state index contributed by atoms with van der Waals surface area (Å²) in [6, 6.07) is 6.89. The lowest BCUT2D eigenvalue weighted by Gasteiger charge is -2.49. The number of likely N-dealkylation sites (N-methyl/N-ethyl adjacent to an activating group) is 2. The second-order valence-electron chi connectivity index (χ2n) is 6.56. The maximum atomic E-state index is 6.38. The first-order chi connectivity index (χ1) is 10.0. The number of nitrogens with zero attached hydrogens (tertiary/aromatic N) is 1. The summed E-state index contributed by atoms with van der Waals surface area (Å²) in [7, 11) is 4.46. The molecule has 1 saturated carbocycles. The van der Waals surface area contributed by atoms with Crippen LogP contribution in [-0.2, 0) is 0 Å². The number of hydrogen-bond acceptors (Lipinski definition) is 2. The van der Waals surface area contributed by atoms with Crippen molar-refractivity contribution in [3.8, 4) is 0 Å². The third-order valence-corrected chi connectivity index (χ3v) is 5.49. The van der Waals surface area contributed by atoms with E-state index in [0.29, 0.717) is 6.04 Å². The highest BCUT2D eigenvalue weighted by molar-refractivity contribution is 6.31. The lowest BCUT2D eigenvalue weighted by Crippen LogP contribution is -2.54. The molecule has 3 heteroatoms. The van der Waals surface area contributed by atoms with Crippen LogP contribution in [-0.4, -0.2) is 31.1 Å². The molecule has 0 radical (unpaired) electrons. The van der Waals surface area contributed by atoms with Crippen molar-refractivity contribution in [1.29, 1.82) is 0 Å². The van der Waals surface area contributed by atoms with Crippen LogP contribution in [0.25, 0.3) is 0 Å². The average Bonchev–Trinajstić information content (AvgIpc) is 2.48. The van der Waals surface area contributed by atoms with Gasteiger partial charge in [-0.25, -0.2) is 0 Å². The summed E-state index contributed by atoms with van der Waals surface area (Å²) in [6.45, 7) is 5.23. The van der Waals surface area contributed by atoms with Gasteiger partial charge in [0.05, 0.1) is 6.04 Å². The van der Waals surface area contributed by atoms with E-state index in [1.165, 1.54) is 37.7 Å². The molecule has 1 aromatic carbocycles. The molecule has 0 amide bonds. The zero-order valence-electron chi connectivity index (χ0n) is 13.9. The van der Waals surface area contributed by atoms with Gasteiger partial charge in [-0.1, -0.05) is 49.9 Å². The maximum absolute atomic E-state index is 6.38. The van der Waals surface area contributed by atoms with E-state index in [1.807, 2.05) is 0 Å². The zero-order chi connectivity index (χ0) is 15.5. The van der Waals surface area contributed by atoms with Gasteiger partial charge in [0.15, 0.2) is 0 Å². The minimum atomic E-state index is 0.201. The Morgan fingerprint density at radius 2 is 1.90 bits per heavy atom. The van der Waals surface area contributed by atoms with Gasteiger partial charge >= 0.3 is 0 Å². The molecule has 1 atom stereocenters. The summed E-state index contributed by atoms with van der Waals surface area (Å²) in [5.41, 5.74) is 2.67. The third kappa shape index (κ3) is 3.44. The molecule has 0 heterocycles. The quantitative estimate of drug-likeness (QED) is 0.857. The Morgan fingerprint density at radius 3 is 2.43 bits per heavy atom. The van der Waals surface area contributed by atoms with Gasteiger partial charge in [0, 0.05) is 10.6 Å². The van der Waals surface area contributed by atoms with Gasteiger partial charge in [-0.3, -0.25) is 0 Å². The third-order valence-electron chi connectivity index (χ3n) is 5.08. The zero-order valence-corrected chi connectivity index (χ0v) is 14.6. The van der Waals surface area contributed by atoms with Crippen LogP contribution in [0, 0.1) is 6.92 Å². The maximum Gasteiger partial charge on any atom is 0.0507 e. The van der Waals surface area contributed by atoms with Gasteiger partial charge in [-0.15, -0.1) is 0 Å². The molecule has 1 aromatic rings. The van der Waals surface area contributed by atoms with Crippen LogP contribution in [0.5, 0.6) is 0 Å². The van der Waals surface area contributed by atoms with Crippen molar-refractivity contribution in [2.24, 2.45) is 0 Å². The van der Waals surface area contributed by atoms with Crippen molar-refractivity contribution >= 4 is 11.6 Å². The van der Waals surface area contributed by atoms with E-state index in [-0.39, 0.29) is 5.54 Å². The Kier molecular flexibility index (Phi) is 5.70. The fraction of sp³-hybridized carbons (Fsp3) is 0.667. The predicted molar refractivity (Wildman–Crippen MR) is 92.1 cm³/mol. The average molecular weight is 309 g/mol. The summed E-state index contributed by atoms with van der Waals surface area (Å²) >= 11 is 6.38. The predicted octanol–water partition coefficient (Wildman–Crippen LogP) is 4.56. The summed E-state index contributed by atoms with van der Waals surface area (Å²) in [4.78, 5) is 2.44. The highest BCUT2D eigenvalue weighted by Gasteiger charge is 2.42. The molecule has 0 aliphatic heterocycles. The summed E-state index contributed by atoms with van der Waals surface area (Å²) in [6.07, 6.45) is 6.51.